The molecule has 0 aromatic heterocycles. The monoisotopic (exact) mass is 289 g/mol. The number of non-ortho nitro benzene ring substituents is 1. The molecule has 1 aromatic carbocycles. The van der Waals surface area contributed by atoms with Crippen LogP contribution in [0.15, 0.2) is 36.9 Å². The summed E-state index contributed by atoms with van der Waals surface area (Å²) in [5.41, 5.74) is -0.224. The van der Waals surface area contributed by atoms with E-state index < -0.39 is 28.7 Å². The molecule has 1 unspecified atom stereocenters. The number of urea groups is 1. The number of nitro groups is 1. The highest BCUT2D eigenvalue weighted by Crippen LogP contribution is 2.25. The molecule has 0 spiro atoms. The van der Waals surface area contributed by atoms with Crippen molar-refractivity contribution in [3.05, 3.63) is 47.0 Å². The number of hydrogen-bond donors (Lipinski definition) is 1. The van der Waals surface area contributed by atoms with Gasteiger partial charge in [0.1, 0.15) is 5.92 Å². The summed E-state index contributed by atoms with van der Waals surface area (Å²) in [5.74, 6) is -2.50. The Labute approximate surface area is 119 Å². The second-order valence-corrected chi connectivity index (χ2v) is 4.32. The summed E-state index contributed by atoms with van der Waals surface area (Å²) in [6.45, 7) is 3.45. The van der Waals surface area contributed by atoms with Gasteiger partial charge in [-0.1, -0.05) is 12.1 Å². The van der Waals surface area contributed by atoms with Gasteiger partial charge in [-0.25, -0.2) is 9.69 Å². The van der Waals surface area contributed by atoms with Crippen LogP contribution in [0.4, 0.5) is 16.2 Å². The van der Waals surface area contributed by atoms with Gasteiger partial charge in [-0.3, -0.25) is 25.0 Å². The topological polar surface area (TPSA) is 110 Å². The number of carbonyl (C=O) groups is 3. The number of rotatable bonds is 4. The molecule has 1 N–H and O–H groups in total. The van der Waals surface area contributed by atoms with Crippen molar-refractivity contribution in [2.75, 3.05) is 4.90 Å². The molecule has 1 fully saturated rings. The van der Waals surface area contributed by atoms with E-state index in [4.69, 9.17) is 0 Å². The van der Waals surface area contributed by atoms with E-state index in [0.717, 1.165) is 11.0 Å². The number of carbonyl (C=O) groups excluding carboxylic acids is 3. The highest BCUT2D eigenvalue weighted by atomic mass is 16.6. The van der Waals surface area contributed by atoms with E-state index in [1.54, 1.807) is 0 Å². The first-order valence-corrected chi connectivity index (χ1v) is 6.00. The lowest BCUT2D eigenvalue weighted by atomic mass is 10.0. The predicted molar refractivity (Wildman–Crippen MR) is 72.4 cm³/mol. The molecule has 4 amide bonds. The normalized spacial score (nSPS) is 18.4. The molecule has 0 saturated carbocycles. The van der Waals surface area contributed by atoms with Gasteiger partial charge in [0.05, 0.1) is 10.6 Å². The molecule has 0 bridgehead atoms. The van der Waals surface area contributed by atoms with Crippen molar-refractivity contribution < 1.29 is 19.3 Å². The Morgan fingerprint density at radius 1 is 1.38 bits per heavy atom. The highest BCUT2D eigenvalue weighted by Gasteiger charge is 2.40. The first-order chi connectivity index (χ1) is 9.95. The first kappa shape index (κ1) is 14.4. The van der Waals surface area contributed by atoms with Crippen molar-refractivity contribution in [3.63, 3.8) is 0 Å². The van der Waals surface area contributed by atoms with E-state index in [0.29, 0.717) is 0 Å². The lowest BCUT2D eigenvalue weighted by molar-refractivity contribution is -0.384. The number of hydrogen-bond acceptors (Lipinski definition) is 5. The van der Waals surface area contributed by atoms with E-state index in [1.807, 2.05) is 0 Å². The van der Waals surface area contributed by atoms with Crippen molar-refractivity contribution in [1.29, 1.82) is 0 Å². The molecule has 1 aliphatic rings. The standard InChI is InChI=1S/C13H11N3O5/c1-2-4-10-11(17)14-13(19)15(12(10)18)8-5-3-6-9(7-8)16(20)21/h2-3,5-7,10H,1,4H2,(H,14,17,19). The van der Waals surface area contributed by atoms with Crippen LogP contribution in [0, 0.1) is 16.0 Å². The zero-order chi connectivity index (χ0) is 15.6. The third-order valence-corrected chi connectivity index (χ3v) is 2.97. The number of benzene rings is 1. The molecule has 1 saturated heterocycles. The maximum Gasteiger partial charge on any atom is 0.335 e. The third kappa shape index (κ3) is 2.64. The zero-order valence-corrected chi connectivity index (χ0v) is 10.8. The summed E-state index contributed by atoms with van der Waals surface area (Å²) in [7, 11) is 0. The molecule has 8 heteroatoms. The predicted octanol–water partition coefficient (Wildman–Crippen LogP) is 1.37. The van der Waals surface area contributed by atoms with Gasteiger partial charge in [0.15, 0.2) is 0 Å². The number of allylic oxidation sites excluding steroid dienone is 1. The lowest BCUT2D eigenvalue weighted by Gasteiger charge is -2.29. The minimum atomic E-state index is -1.07. The second kappa shape index (κ2) is 5.53. The number of barbiturate groups is 1. The third-order valence-electron chi connectivity index (χ3n) is 2.97. The number of amides is 4. The van der Waals surface area contributed by atoms with Crippen molar-refractivity contribution in [2.24, 2.45) is 5.92 Å². The molecular weight excluding hydrogens is 278 g/mol. The number of anilines is 1. The van der Waals surface area contributed by atoms with Crippen LogP contribution in [0.3, 0.4) is 0 Å². The maximum atomic E-state index is 12.2. The van der Waals surface area contributed by atoms with Gasteiger partial charge in [-0.15, -0.1) is 6.58 Å². The fourth-order valence-electron chi connectivity index (χ4n) is 1.98. The van der Waals surface area contributed by atoms with Crippen LogP contribution in [-0.2, 0) is 9.59 Å². The smallest absolute Gasteiger partial charge is 0.277 e. The van der Waals surface area contributed by atoms with Crippen LogP contribution >= 0.6 is 0 Å². The van der Waals surface area contributed by atoms with Gasteiger partial charge >= 0.3 is 6.03 Å². The van der Waals surface area contributed by atoms with Gasteiger partial charge in [-0.05, 0) is 12.5 Å². The summed E-state index contributed by atoms with van der Waals surface area (Å²) in [6, 6.07) is 4.14. The number of nitrogens with one attached hydrogen (secondary N) is 1. The summed E-state index contributed by atoms with van der Waals surface area (Å²) in [4.78, 5) is 46.5. The fraction of sp³-hybridized carbons (Fsp3) is 0.154. The molecule has 1 atom stereocenters. The first-order valence-electron chi connectivity index (χ1n) is 6.00. The van der Waals surface area contributed by atoms with Crippen LogP contribution in [-0.4, -0.2) is 22.8 Å². The van der Waals surface area contributed by atoms with Crippen LogP contribution in [0.2, 0.25) is 0 Å². The van der Waals surface area contributed by atoms with E-state index in [2.05, 4.69) is 11.9 Å². The largest absolute Gasteiger partial charge is 0.335 e. The minimum Gasteiger partial charge on any atom is -0.277 e. The Balaban J connectivity index is 2.41. The molecule has 1 heterocycles. The van der Waals surface area contributed by atoms with Crippen molar-refractivity contribution >= 4 is 29.2 Å². The quantitative estimate of drug-likeness (QED) is 0.389. The second-order valence-electron chi connectivity index (χ2n) is 4.32. The van der Waals surface area contributed by atoms with Crippen molar-refractivity contribution in [3.8, 4) is 0 Å². The van der Waals surface area contributed by atoms with Crippen LogP contribution in [0.1, 0.15) is 6.42 Å². The van der Waals surface area contributed by atoms with E-state index in [1.165, 1.54) is 24.3 Å². The average Bonchev–Trinajstić information content (AvgIpc) is 2.43. The summed E-state index contributed by atoms with van der Waals surface area (Å²) in [6.07, 6.45) is 1.47. The lowest BCUT2D eigenvalue weighted by Crippen LogP contribution is -2.58. The molecule has 0 aliphatic carbocycles. The number of nitrogens with zero attached hydrogens (tertiary/aromatic N) is 2. The van der Waals surface area contributed by atoms with E-state index in [-0.39, 0.29) is 17.8 Å². The Kier molecular flexibility index (Phi) is 3.79. The van der Waals surface area contributed by atoms with Gasteiger partial charge in [-0.2, -0.15) is 0 Å². The molecular formula is C13H11N3O5. The SMILES string of the molecule is C=CCC1C(=O)NC(=O)N(c2cccc([N+](=O)[O-])c2)C1=O. The highest BCUT2D eigenvalue weighted by molar-refractivity contribution is 6.27. The Hall–Kier alpha value is -3.03. The Bertz CT molecular complexity index is 655. The summed E-state index contributed by atoms with van der Waals surface area (Å²) < 4.78 is 0. The fourth-order valence-corrected chi connectivity index (χ4v) is 1.98. The minimum absolute atomic E-state index is 0.0354. The van der Waals surface area contributed by atoms with Gasteiger partial charge in [0.2, 0.25) is 11.8 Å². The van der Waals surface area contributed by atoms with Crippen molar-refractivity contribution in [1.82, 2.24) is 5.32 Å². The molecule has 108 valence electrons. The van der Waals surface area contributed by atoms with Gasteiger partial charge < -0.3 is 0 Å². The van der Waals surface area contributed by atoms with Crippen molar-refractivity contribution in [2.45, 2.75) is 6.42 Å². The molecule has 1 aromatic rings. The van der Waals surface area contributed by atoms with Crippen LogP contribution in [0.25, 0.3) is 0 Å². The Morgan fingerprint density at radius 2 is 2.10 bits per heavy atom. The average molecular weight is 289 g/mol. The van der Waals surface area contributed by atoms with Crippen LogP contribution in [0.5, 0.6) is 0 Å². The summed E-state index contributed by atoms with van der Waals surface area (Å²) >= 11 is 0. The van der Waals surface area contributed by atoms with E-state index >= 15 is 0 Å². The van der Waals surface area contributed by atoms with E-state index in [9.17, 15) is 24.5 Å². The zero-order valence-electron chi connectivity index (χ0n) is 10.8. The molecule has 1 aliphatic heterocycles. The number of imide groups is 2. The molecule has 0 radical (unpaired) electrons. The Morgan fingerprint density at radius 3 is 2.71 bits per heavy atom. The maximum absolute atomic E-state index is 12.2. The van der Waals surface area contributed by atoms with Crippen LogP contribution < -0.4 is 10.2 Å². The summed E-state index contributed by atoms with van der Waals surface area (Å²) in [5, 5.41) is 12.8. The van der Waals surface area contributed by atoms with Gasteiger partial charge in [0, 0.05) is 12.1 Å². The molecule has 21 heavy (non-hydrogen) atoms. The van der Waals surface area contributed by atoms with Gasteiger partial charge in [0.25, 0.3) is 5.69 Å². The molecule has 2 rings (SSSR count). The number of nitro benzene ring substituents is 1. The molecule has 8 nitrogen and oxygen atoms in total.